The molecule has 0 saturated heterocycles. The highest BCUT2D eigenvalue weighted by Gasteiger charge is 2.13. The first-order valence-electron chi connectivity index (χ1n) is 8.74. The lowest BCUT2D eigenvalue weighted by atomic mass is 10.1. The van der Waals surface area contributed by atoms with Crippen LogP contribution in [-0.4, -0.2) is 56.2 Å². The Morgan fingerprint density at radius 1 is 1.28 bits per heavy atom. The van der Waals surface area contributed by atoms with Crippen molar-refractivity contribution >= 4 is 16.8 Å². The van der Waals surface area contributed by atoms with Crippen LogP contribution in [0.5, 0.6) is 5.75 Å². The number of hydrogen-bond acceptors (Lipinski definition) is 5. The SMILES string of the molecule is CCCCN.COc1ccc2c(c1)c(CCN(C)C)cn2C(=O)CN. The summed E-state index contributed by atoms with van der Waals surface area (Å²) >= 11 is 0. The molecule has 0 saturated carbocycles. The van der Waals surface area contributed by atoms with Gasteiger partial charge in [0.25, 0.3) is 0 Å². The topological polar surface area (TPSA) is 86.5 Å². The van der Waals surface area contributed by atoms with Gasteiger partial charge in [0.1, 0.15) is 5.75 Å². The average molecular weight is 348 g/mol. The summed E-state index contributed by atoms with van der Waals surface area (Å²) in [6, 6.07) is 5.74. The molecule has 0 atom stereocenters. The van der Waals surface area contributed by atoms with Gasteiger partial charge < -0.3 is 21.1 Å². The van der Waals surface area contributed by atoms with Gasteiger partial charge in [-0.3, -0.25) is 9.36 Å². The predicted molar refractivity (Wildman–Crippen MR) is 104 cm³/mol. The minimum absolute atomic E-state index is 0.00291. The van der Waals surface area contributed by atoms with Crippen LogP contribution in [0.1, 0.15) is 30.1 Å². The van der Waals surface area contributed by atoms with Crippen LogP contribution < -0.4 is 16.2 Å². The number of fused-ring (bicyclic) bond motifs is 1. The molecule has 0 fully saturated rings. The van der Waals surface area contributed by atoms with Crippen LogP contribution in [0.25, 0.3) is 10.9 Å². The van der Waals surface area contributed by atoms with Gasteiger partial charge in [0.15, 0.2) is 0 Å². The second-order valence-electron chi connectivity index (χ2n) is 6.20. The lowest BCUT2D eigenvalue weighted by Gasteiger charge is -2.08. The van der Waals surface area contributed by atoms with E-state index in [1.807, 2.05) is 38.5 Å². The van der Waals surface area contributed by atoms with Crippen molar-refractivity contribution < 1.29 is 9.53 Å². The molecular formula is C19H32N4O2. The molecule has 1 aromatic heterocycles. The average Bonchev–Trinajstić information content (AvgIpc) is 2.98. The van der Waals surface area contributed by atoms with Gasteiger partial charge in [-0.2, -0.15) is 0 Å². The number of carbonyl (C=O) groups is 1. The normalized spacial score (nSPS) is 10.7. The number of rotatable bonds is 7. The summed E-state index contributed by atoms with van der Waals surface area (Å²) in [7, 11) is 5.71. The number of carbonyl (C=O) groups excluding carboxylic acids is 1. The Kier molecular flexibility index (Phi) is 9.20. The zero-order valence-corrected chi connectivity index (χ0v) is 15.9. The van der Waals surface area contributed by atoms with Gasteiger partial charge in [0.2, 0.25) is 5.91 Å². The van der Waals surface area contributed by atoms with Gasteiger partial charge in [0, 0.05) is 18.1 Å². The standard InChI is InChI=1S/C15H21N3O2.C4H11N/c1-17(2)7-6-11-10-18(15(19)9-16)14-5-4-12(20-3)8-13(11)14;1-2-3-4-5/h4-5,8,10H,6-7,9,16H2,1-3H3;2-5H2,1H3. The first kappa shape index (κ1) is 21.2. The predicted octanol–water partition coefficient (Wildman–Crippen LogP) is 2.10. The summed E-state index contributed by atoms with van der Waals surface area (Å²) in [5, 5.41) is 1.05. The number of nitrogens with two attached hydrogens (primary N) is 2. The van der Waals surface area contributed by atoms with Crippen molar-refractivity contribution in [2.45, 2.75) is 26.2 Å². The van der Waals surface area contributed by atoms with Crippen molar-refractivity contribution in [3.05, 3.63) is 30.0 Å². The van der Waals surface area contributed by atoms with Gasteiger partial charge in [-0.15, -0.1) is 0 Å². The van der Waals surface area contributed by atoms with Crippen LogP contribution in [-0.2, 0) is 6.42 Å². The minimum atomic E-state index is -0.101. The van der Waals surface area contributed by atoms with E-state index in [4.69, 9.17) is 16.2 Å². The molecule has 0 unspecified atom stereocenters. The van der Waals surface area contributed by atoms with Crippen LogP contribution in [0.15, 0.2) is 24.4 Å². The van der Waals surface area contributed by atoms with Crippen LogP contribution >= 0.6 is 0 Å². The molecule has 6 heteroatoms. The zero-order chi connectivity index (χ0) is 18.8. The van der Waals surface area contributed by atoms with E-state index in [0.29, 0.717) is 0 Å². The van der Waals surface area contributed by atoms with E-state index in [1.54, 1.807) is 11.7 Å². The van der Waals surface area contributed by atoms with Crippen molar-refractivity contribution in [2.75, 3.05) is 40.8 Å². The summed E-state index contributed by atoms with van der Waals surface area (Å²) in [5.41, 5.74) is 12.6. The van der Waals surface area contributed by atoms with Gasteiger partial charge in [-0.1, -0.05) is 13.3 Å². The lowest BCUT2D eigenvalue weighted by molar-refractivity contribution is 0.0928. The lowest BCUT2D eigenvalue weighted by Crippen LogP contribution is -2.20. The van der Waals surface area contributed by atoms with E-state index in [1.165, 1.54) is 12.8 Å². The molecule has 4 N–H and O–H groups in total. The highest BCUT2D eigenvalue weighted by Crippen LogP contribution is 2.26. The summed E-state index contributed by atoms with van der Waals surface area (Å²) in [5.74, 6) is 0.692. The molecule has 0 aliphatic carbocycles. The number of hydrogen-bond donors (Lipinski definition) is 2. The molecule has 0 amide bonds. The summed E-state index contributed by atoms with van der Waals surface area (Å²) in [6.07, 6.45) is 5.15. The van der Waals surface area contributed by atoms with Crippen molar-refractivity contribution in [3.8, 4) is 5.75 Å². The van der Waals surface area contributed by atoms with Gasteiger partial charge in [0.05, 0.1) is 19.2 Å². The zero-order valence-electron chi connectivity index (χ0n) is 15.9. The van der Waals surface area contributed by atoms with E-state index in [-0.39, 0.29) is 12.5 Å². The van der Waals surface area contributed by atoms with Crippen molar-refractivity contribution in [1.29, 1.82) is 0 Å². The second kappa shape index (κ2) is 10.9. The molecule has 2 aromatic rings. The molecule has 0 radical (unpaired) electrons. The maximum absolute atomic E-state index is 11.9. The number of nitrogens with zero attached hydrogens (tertiary/aromatic N) is 2. The number of likely N-dealkylation sites (N-methyl/N-ethyl adjacent to an activating group) is 1. The van der Waals surface area contributed by atoms with E-state index < -0.39 is 0 Å². The highest BCUT2D eigenvalue weighted by atomic mass is 16.5. The third-order valence-electron chi connectivity index (χ3n) is 3.92. The Labute approximate surface area is 150 Å². The Morgan fingerprint density at radius 2 is 2.00 bits per heavy atom. The molecule has 0 aliphatic heterocycles. The van der Waals surface area contributed by atoms with Gasteiger partial charge in [-0.05, 0) is 57.2 Å². The molecular weight excluding hydrogens is 316 g/mol. The molecule has 140 valence electrons. The maximum Gasteiger partial charge on any atom is 0.244 e. The van der Waals surface area contributed by atoms with Crippen LogP contribution in [0.4, 0.5) is 0 Å². The Morgan fingerprint density at radius 3 is 2.48 bits per heavy atom. The fourth-order valence-electron chi connectivity index (χ4n) is 2.46. The minimum Gasteiger partial charge on any atom is -0.497 e. The fraction of sp³-hybridized carbons (Fsp3) is 0.526. The first-order chi connectivity index (χ1) is 12.0. The molecule has 1 heterocycles. The highest BCUT2D eigenvalue weighted by molar-refractivity contribution is 5.95. The summed E-state index contributed by atoms with van der Waals surface area (Å²) in [4.78, 5) is 14.0. The monoisotopic (exact) mass is 348 g/mol. The van der Waals surface area contributed by atoms with Crippen LogP contribution in [0.2, 0.25) is 0 Å². The number of methoxy groups -OCH3 is 1. The van der Waals surface area contributed by atoms with Crippen molar-refractivity contribution in [2.24, 2.45) is 11.5 Å². The van der Waals surface area contributed by atoms with Crippen molar-refractivity contribution in [1.82, 2.24) is 9.47 Å². The Balaban J connectivity index is 0.000000550. The maximum atomic E-state index is 11.9. The third kappa shape index (κ3) is 6.16. The van der Waals surface area contributed by atoms with Gasteiger partial charge >= 0.3 is 0 Å². The Hall–Kier alpha value is -1.89. The number of aromatic nitrogens is 1. The summed E-state index contributed by atoms with van der Waals surface area (Å²) < 4.78 is 6.91. The molecule has 6 nitrogen and oxygen atoms in total. The first-order valence-corrected chi connectivity index (χ1v) is 8.74. The molecule has 0 bridgehead atoms. The Bertz CT molecular complexity index is 663. The van der Waals surface area contributed by atoms with E-state index >= 15 is 0 Å². The van der Waals surface area contributed by atoms with Crippen LogP contribution in [0.3, 0.4) is 0 Å². The van der Waals surface area contributed by atoms with E-state index in [9.17, 15) is 4.79 Å². The van der Waals surface area contributed by atoms with E-state index in [2.05, 4.69) is 11.8 Å². The third-order valence-corrected chi connectivity index (χ3v) is 3.92. The second-order valence-corrected chi connectivity index (χ2v) is 6.20. The number of unbranched alkanes of at least 4 members (excludes halogenated alkanes) is 1. The van der Waals surface area contributed by atoms with Gasteiger partial charge in [-0.25, -0.2) is 0 Å². The van der Waals surface area contributed by atoms with Crippen LogP contribution in [0, 0.1) is 0 Å². The fourth-order valence-corrected chi connectivity index (χ4v) is 2.46. The molecule has 1 aromatic carbocycles. The number of benzene rings is 1. The summed E-state index contributed by atoms with van der Waals surface area (Å²) in [6.45, 7) is 3.90. The quantitative estimate of drug-likeness (QED) is 0.800. The van der Waals surface area contributed by atoms with E-state index in [0.717, 1.165) is 41.7 Å². The smallest absolute Gasteiger partial charge is 0.244 e. The largest absolute Gasteiger partial charge is 0.497 e. The molecule has 0 spiro atoms. The number of ether oxygens (including phenoxy) is 1. The molecule has 2 rings (SSSR count). The molecule has 25 heavy (non-hydrogen) atoms. The molecule has 0 aliphatic rings. The van der Waals surface area contributed by atoms with Crippen molar-refractivity contribution in [3.63, 3.8) is 0 Å².